The molecule has 0 bridgehead atoms. The van der Waals surface area contributed by atoms with Crippen LogP contribution in [0.4, 0.5) is 10.1 Å². The number of nitrogens with zero attached hydrogens (tertiary/aromatic N) is 2. The first-order valence-electron chi connectivity index (χ1n) is 10.8. The van der Waals surface area contributed by atoms with Gasteiger partial charge < -0.3 is 9.64 Å². The molecule has 2 aromatic carbocycles. The number of rotatable bonds is 8. The highest BCUT2D eigenvalue weighted by Crippen LogP contribution is 2.33. The van der Waals surface area contributed by atoms with Crippen molar-refractivity contribution in [1.82, 2.24) is 9.62 Å². The summed E-state index contributed by atoms with van der Waals surface area (Å²) in [4.78, 5) is 5.79. The Morgan fingerprint density at radius 2 is 1.70 bits per heavy atom. The smallest absolute Gasteiger partial charge is 0.240 e. The Kier molecular flexibility index (Phi) is 7.33. The highest BCUT2D eigenvalue weighted by Gasteiger charge is 2.33. The molecule has 1 saturated heterocycles. The van der Waals surface area contributed by atoms with Gasteiger partial charge in [0.1, 0.15) is 11.6 Å². The molecule has 1 fully saturated rings. The second-order valence-electron chi connectivity index (χ2n) is 8.02. The molecule has 1 aromatic heterocycles. The third-order valence-corrected chi connectivity index (χ3v) is 8.42. The molecule has 0 amide bonds. The lowest BCUT2D eigenvalue weighted by molar-refractivity contribution is 0.163. The van der Waals surface area contributed by atoms with Gasteiger partial charge in [0.2, 0.25) is 10.0 Å². The van der Waals surface area contributed by atoms with Crippen LogP contribution in [0.15, 0.2) is 70.9 Å². The Morgan fingerprint density at radius 1 is 1.00 bits per heavy atom. The van der Waals surface area contributed by atoms with Gasteiger partial charge in [-0.05, 0) is 54.8 Å². The molecule has 9 heteroatoms. The molecule has 33 heavy (non-hydrogen) atoms. The molecule has 0 saturated carbocycles. The van der Waals surface area contributed by atoms with Crippen LogP contribution in [0.25, 0.3) is 0 Å². The Balaban J connectivity index is 1.51. The molecule has 1 aliphatic rings. The summed E-state index contributed by atoms with van der Waals surface area (Å²) < 4.78 is 47.5. The first kappa shape index (κ1) is 23.7. The van der Waals surface area contributed by atoms with Gasteiger partial charge in [-0.2, -0.15) is 0 Å². The van der Waals surface area contributed by atoms with Crippen LogP contribution in [0.1, 0.15) is 17.8 Å². The van der Waals surface area contributed by atoms with E-state index in [-0.39, 0.29) is 17.0 Å². The lowest BCUT2D eigenvalue weighted by Gasteiger charge is -2.42. The van der Waals surface area contributed by atoms with Gasteiger partial charge in [-0.1, -0.05) is 18.2 Å². The van der Waals surface area contributed by atoms with Gasteiger partial charge in [0.25, 0.3) is 0 Å². The van der Waals surface area contributed by atoms with E-state index >= 15 is 0 Å². The summed E-state index contributed by atoms with van der Waals surface area (Å²) in [5.74, 6) is 0.382. The summed E-state index contributed by atoms with van der Waals surface area (Å²) in [6.07, 6.45) is 0. The minimum atomic E-state index is -3.78. The van der Waals surface area contributed by atoms with Crippen molar-refractivity contribution < 1.29 is 17.5 Å². The molecule has 1 aliphatic heterocycles. The highest BCUT2D eigenvalue weighted by molar-refractivity contribution is 7.89. The summed E-state index contributed by atoms with van der Waals surface area (Å²) in [5.41, 5.74) is 1.07. The number of piperazine rings is 1. The molecule has 6 nitrogen and oxygen atoms in total. The molecule has 2 unspecified atom stereocenters. The maximum Gasteiger partial charge on any atom is 0.240 e. The third-order valence-electron chi connectivity index (χ3n) is 5.91. The molecule has 1 N–H and O–H groups in total. The van der Waals surface area contributed by atoms with E-state index < -0.39 is 15.8 Å². The van der Waals surface area contributed by atoms with Gasteiger partial charge in [0.05, 0.1) is 23.7 Å². The Bertz CT molecular complexity index is 1150. The summed E-state index contributed by atoms with van der Waals surface area (Å²) in [6, 6.07) is 16.4. The molecular formula is C24H28FN3O3S2. The molecule has 0 aliphatic carbocycles. The van der Waals surface area contributed by atoms with Crippen LogP contribution < -0.4 is 14.4 Å². The fraction of sp³-hybridized carbons (Fsp3) is 0.333. The normalized spacial score (nSPS) is 17.0. The van der Waals surface area contributed by atoms with Gasteiger partial charge in [-0.25, -0.2) is 17.5 Å². The van der Waals surface area contributed by atoms with E-state index in [1.165, 1.54) is 12.1 Å². The predicted octanol–water partition coefficient (Wildman–Crippen LogP) is 4.13. The van der Waals surface area contributed by atoms with E-state index in [1.54, 1.807) is 18.4 Å². The van der Waals surface area contributed by atoms with Gasteiger partial charge in [0.15, 0.2) is 0 Å². The number of benzene rings is 2. The third kappa shape index (κ3) is 5.38. The first-order chi connectivity index (χ1) is 15.9. The maximum atomic E-state index is 13.3. The van der Waals surface area contributed by atoms with Crippen LogP contribution in [0, 0.1) is 5.82 Å². The summed E-state index contributed by atoms with van der Waals surface area (Å²) in [7, 11) is -2.10. The van der Waals surface area contributed by atoms with E-state index in [0.717, 1.165) is 54.6 Å². The van der Waals surface area contributed by atoms with E-state index in [1.807, 2.05) is 42.6 Å². The number of sulfonamides is 1. The van der Waals surface area contributed by atoms with Crippen molar-refractivity contribution in [1.29, 1.82) is 0 Å². The zero-order valence-electron chi connectivity index (χ0n) is 18.6. The van der Waals surface area contributed by atoms with E-state index in [9.17, 15) is 12.8 Å². The summed E-state index contributed by atoms with van der Waals surface area (Å²) in [6.45, 7) is 5.06. The van der Waals surface area contributed by atoms with Gasteiger partial charge in [-0.3, -0.25) is 4.90 Å². The maximum absolute atomic E-state index is 13.3. The predicted molar refractivity (Wildman–Crippen MR) is 130 cm³/mol. The van der Waals surface area contributed by atoms with E-state index in [4.69, 9.17) is 4.74 Å². The molecule has 4 rings (SSSR count). The molecule has 3 aromatic rings. The topological polar surface area (TPSA) is 61.9 Å². The van der Waals surface area contributed by atoms with E-state index in [0.29, 0.717) is 0 Å². The summed E-state index contributed by atoms with van der Waals surface area (Å²) >= 11 is 1.62. The fourth-order valence-corrected chi connectivity index (χ4v) is 6.54. The monoisotopic (exact) mass is 489 g/mol. The lowest BCUT2D eigenvalue weighted by Crippen LogP contribution is -2.52. The number of anilines is 1. The number of ether oxygens (including phenoxy) is 1. The summed E-state index contributed by atoms with van der Waals surface area (Å²) in [5, 5.41) is 2.01. The number of halogens is 1. The van der Waals surface area contributed by atoms with Gasteiger partial charge >= 0.3 is 0 Å². The average Bonchev–Trinajstić information content (AvgIpc) is 3.34. The van der Waals surface area contributed by atoms with Crippen molar-refractivity contribution in [3.05, 3.63) is 76.7 Å². The molecule has 0 spiro atoms. The van der Waals surface area contributed by atoms with Crippen molar-refractivity contribution in [3.63, 3.8) is 0 Å². The number of hydrogen-bond donors (Lipinski definition) is 1. The highest BCUT2D eigenvalue weighted by atomic mass is 32.2. The molecule has 176 valence electrons. The molecule has 2 atom stereocenters. The SMILES string of the molecule is COc1ccccc1N1CCN(C(c2cccs2)C(C)NS(=O)(=O)c2ccc(F)cc2)CC1. The Labute approximate surface area is 198 Å². The number of hydrogen-bond acceptors (Lipinski definition) is 6. The fourth-order valence-electron chi connectivity index (χ4n) is 4.33. The number of thiophene rings is 1. The zero-order chi connectivity index (χ0) is 23.4. The number of methoxy groups -OCH3 is 1. The van der Waals surface area contributed by atoms with Crippen LogP contribution in [0.5, 0.6) is 5.75 Å². The minimum Gasteiger partial charge on any atom is -0.495 e. The average molecular weight is 490 g/mol. The Morgan fingerprint density at radius 3 is 2.33 bits per heavy atom. The van der Waals surface area contributed by atoms with Crippen molar-refractivity contribution in [2.75, 3.05) is 38.2 Å². The van der Waals surface area contributed by atoms with Crippen molar-refractivity contribution in [3.8, 4) is 5.75 Å². The van der Waals surface area contributed by atoms with Crippen LogP contribution in [0.3, 0.4) is 0 Å². The molecule has 2 heterocycles. The second-order valence-corrected chi connectivity index (χ2v) is 10.7. The van der Waals surface area contributed by atoms with Crippen LogP contribution in [0.2, 0.25) is 0 Å². The molecule has 0 radical (unpaired) electrons. The first-order valence-corrected chi connectivity index (χ1v) is 13.2. The largest absolute Gasteiger partial charge is 0.495 e. The zero-order valence-corrected chi connectivity index (χ0v) is 20.3. The van der Waals surface area contributed by atoms with Crippen molar-refractivity contribution >= 4 is 27.0 Å². The van der Waals surface area contributed by atoms with E-state index in [2.05, 4.69) is 20.6 Å². The number of nitrogens with one attached hydrogen (secondary N) is 1. The Hall–Kier alpha value is -2.46. The van der Waals surface area contributed by atoms with Crippen molar-refractivity contribution in [2.45, 2.75) is 23.9 Å². The van der Waals surface area contributed by atoms with Gasteiger partial charge in [-0.15, -0.1) is 11.3 Å². The molecular weight excluding hydrogens is 461 g/mol. The quantitative estimate of drug-likeness (QED) is 0.516. The van der Waals surface area contributed by atoms with Crippen molar-refractivity contribution in [2.24, 2.45) is 0 Å². The van der Waals surface area contributed by atoms with Crippen LogP contribution in [-0.2, 0) is 10.0 Å². The van der Waals surface area contributed by atoms with Crippen LogP contribution >= 0.6 is 11.3 Å². The minimum absolute atomic E-state index is 0.0571. The van der Waals surface area contributed by atoms with Gasteiger partial charge in [0, 0.05) is 37.1 Å². The standard InChI is InChI=1S/C24H28FN3O3S2/c1-18(26-33(29,30)20-11-9-19(25)10-12-20)24(23-8-5-17-32-23)28-15-13-27(14-16-28)21-6-3-4-7-22(21)31-2/h3-12,17-18,24,26H,13-16H2,1-2H3. The number of para-hydroxylation sites is 2. The second kappa shape index (κ2) is 10.2. The lowest BCUT2D eigenvalue weighted by atomic mass is 10.1. The van der Waals surface area contributed by atoms with Crippen LogP contribution in [-0.4, -0.2) is 52.6 Å².